The van der Waals surface area contributed by atoms with Crippen LogP contribution in [0, 0.1) is 0 Å². The van der Waals surface area contributed by atoms with Crippen LogP contribution in [-0.2, 0) is 5.75 Å². The zero-order valence-corrected chi connectivity index (χ0v) is 15.7. The average Bonchev–Trinajstić information content (AvgIpc) is 2.62. The summed E-state index contributed by atoms with van der Waals surface area (Å²) < 4.78 is 1.64. The standard InChI is InChI=1S/C20H19ClN2OS/c1-14(2)16-5-9-18(10-6-16)23-12-11-22-19(20(23)24)25-13-15-3-7-17(21)8-4-15/h3-12,14H,13H2,1-2H3. The molecule has 1 aromatic heterocycles. The predicted molar refractivity (Wildman–Crippen MR) is 105 cm³/mol. The van der Waals surface area contributed by atoms with Crippen LogP contribution in [0.2, 0.25) is 5.02 Å². The van der Waals surface area contributed by atoms with Gasteiger partial charge in [-0.25, -0.2) is 4.98 Å². The Bertz CT molecular complexity index is 902. The summed E-state index contributed by atoms with van der Waals surface area (Å²) >= 11 is 7.34. The largest absolute Gasteiger partial charge is 0.287 e. The van der Waals surface area contributed by atoms with Crippen LogP contribution in [0.3, 0.4) is 0 Å². The third kappa shape index (κ3) is 4.33. The second-order valence-electron chi connectivity index (χ2n) is 6.07. The van der Waals surface area contributed by atoms with E-state index in [0.29, 0.717) is 21.7 Å². The van der Waals surface area contributed by atoms with E-state index in [1.165, 1.54) is 17.3 Å². The lowest BCUT2D eigenvalue weighted by Gasteiger charge is -2.10. The van der Waals surface area contributed by atoms with E-state index in [1.54, 1.807) is 17.0 Å². The van der Waals surface area contributed by atoms with Gasteiger partial charge in [0.2, 0.25) is 0 Å². The van der Waals surface area contributed by atoms with E-state index in [4.69, 9.17) is 11.6 Å². The van der Waals surface area contributed by atoms with Gasteiger partial charge < -0.3 is 0 Å². The van der Waals surface area contributed by atoms with Gasteiger partial charge in [-0.3, -0.25) is 9.36 Å². The molecule has 0 unspecified atom stereocenters. The Morgan fingerprint density at radius 2 is 1.76 bits per heavy atom. The Kier molecular flexibility index (Phi) is 5.61. The van der Waals surface area contributed by atoms with Gasteiger partial charge in [0.15, 0.2) is 5.03 Å². The van der Waals surface area contributed by atoms with Gasteiger partial charge in [-0.2, -0.15) is 0 Å². The Hall–Kier alpha value is -2.04. The lowest BCUT2D eigenvalue weighted by Crippen LogP contribution is -2.20. The molecule has 128 valence electrons. The van der Waals surface area contributed by atoms with Gasteiger partial charge in [0.05, 0.1) is 0 Å². The van der Waals surface area contributed by atoms with Crippen LogP contribution in [-0.4, -0.2) is 9.55 Å². The molecule has 2 aromatic carbocycles. The van der Waals surface area contributed by atoms with Crippen molar-refractivity contribution in [1.82, 2.24) is 9.55 Å². The van der Waals surface area contributed by atoms with Gasteiger partial charge >= 0.3 is 0 Å². The SMILES string of the molecule is CC(C)c1ccc(-n2ccnc(SCc3ccc(Cl)cc3)c2=O)cc1. The molecule has 3 aromatic rings. The van der Waals surface area contributed by atoms with Gasteiger partial charge in [-0.15, -0.1) is 0 Å². The summed E-state index contributed by atoms with van der Waals surface area (Å²) in [6, 6.07) is 15.7. The maximum atomic E-state index is 12.7. The Balaban J connectivity index is 1.82. The monoisotopic (exact) mass is 370 g/mol. The fourth-order valence-electron chi connectivity index (χ4n) is 2.45. The van der Waals surface area contributed by atoms with Crippen LogP contribution in [0.15, 0.2) is 70.7 Å². The van der Waals surface area contributed by atoms with Crippen LogP contribution in [0.4, 0.5) is 0 Å². The van der Waals surface area contributed by atoms with Crippen LogP contribution in [0.5, 0.6) is 0 Å². The molecule has 0 radical (unpaired) electrons. The first-order chi connectivity index (χ1) is 12.0. The summed E-state index contributed by atoms with van der Waals surface area (Å²) in [6.07, 6.45) is 3.38. The van der Waals surface area contributed by atoms with E-state index in [2.05, 4.69) is 31.0 Å². The summed E-state index contributed by atoms with van der Waals surface area (Å²) in [4.78, 5) is 17.0. The molecule has 0 fully saturated rings. The average molecular weight is 371 g/mol. The highest BCUT2D eigenvalue weighted by atomic mass is 35.5. The molecule has 0 saturated carbocycles. The Morgan fingerprint density at radius 3 is 2.40 bits per heavy atom. The van der Waals surface area contributed by atoms with Crippen LogP contribution < -0.4 is 5.56 Å². The normalized spacial score (nSPS) is 11.0. The third-order valence-corrected chi connectivity index (χ3v) is 5.22. The van der Waals surface area contributed by atoms with Crippen LogP contribution >= 0.6 is 23.4 Å². The zero-order valence-electron chi connectivity index (χ0n) is 14.1. The number of halogens is 1. The molecule has 0 saturated heterocycles. The molecule has 0 aliphatic rings. The molecule has 0 aliphatic carbocycles. The van der Waals surface area contributed by atoms with E-state index >= 15 is 0 Å². The smallest absolute Gasteiger partial charge is 0.280 e. The van der Waals surface area contributed by atoms with E-state index in [0.717, 1.165) is 11.3 Å². The maximum absolute atomic E-state index is 12.7. The fraction of sp³-hybridized carbons (Fsp3) is 0.200. The topological polar surface area (TPSA) is 34.9 Å². The number of hydrogen-bond donors (Lipinski definition) is 0. The Labute approximate surface area is 156 Å². The van der Waals surface area contributed by atoms with E-state index < -0.39 is 0 Å². The van der Waals surface area contributed by atoms with E-state index in [9.17, 15) is 4.79 Å². The van der Waals surface area contributed by atoms with Crippen molar-refractivity contribution in [3.8, 4) is 5.69 Å². The van der Waals surface area contributed by atoms with Crippen LogP contribution in [0.1, 0.15) is 30.9 Å². The van der Waals surface area contributed by atoms with E-state index in [-0.39, 0.29) is 5.56 Å². The minimum Gasteiger partial charge on any atom is -0.280 e. The predicted octanol–water partition coefficient (Wildman–Crippen LogP) is 5.30. The highest BCUT2D eigenvalue weighted by Crippen LogP contribution is 2.20. The van der Waals surface area contributed by atoms with Crippen molar-refractivity contribution in [2.24, 2.45) is 0 Å². The van der Waals surface area contributed by atoms with Gasteiger partial charge in [0.1, 0.15) is 0 Å². The Morgan fingerprint density at radius 1 is 1.08 bits per heavy atom. The number of rotatable bonds is 5. The second-order valence-corrected chi connectivity index (χ2v) is 7.47. The van der Waals surface area contributed by atoms with Gasteiger partial charge in [0.25, 0.3) is 5.56 Å². The number of aromatic nitrogens is 2. The minimum atomic E-state index is -0.0984. The first kappa shape index (κ1) is 17.8. The molecule has 5 heteroatoms. The second kappa shape index (κ2) is 7.89. The first-order valence-electron chi connectivity index (χ1n) is 8.10. The lowest BCUT2D eigenvalue weighted by molar-refractivity contribution is 0.857. The molecule has 0 N–H and O–H groups in total. The molecule has 3 rings (SSSR count). The summed E-state index contributed by atoms with van der Waals surface area (Å²) in [5.74, 6) is 1.14. The van der Waals surface area contributed by atoms with Crippen molar-refractivity contribution in [2.45, 2.75) is 30.5 Å². The van der Waals surface area contributed by atoms with Gasteiger partial charge in [-0.1, -0.05) is 61.5 Å². The van der Waals surface area contributed by atoms with Crippen LogP contribution in [0.25, 0.3) is 5.69 Å². The number of benzene rings is 2. The molecular weight excluding hydrogens is 352 g/mol. The molecule has 0 aliphatic heterocycles. The molecule has 0 spiro atoms. The van der Waals surface area contributed by atoms with Crippen molar-refractivity contribution >= 4 is 23.4 Å². The number of hydrogen-bond acceptors (Lipinski definition) is 3. The quantitative estimate of drug-likeness (QED) is 0.571. The molecule has 0 atom stereocenters. The van der Waals surface area contributed by atoms with E-state index in [1.807, 2.05) is 36.4 Å². The van der Waals surface area contributed by atoms with Crippen molar-refractivity contribution in [3.63, 3.8) is 0 Å². The fourth-order valence-corrected chi connectivity index (χ4v) is 3.43. The maximum Gasteiger partial charge on any atom is 0.287 e. The molecule has 0 amide bonds. The first-order valence-corrected chi connectivity index (χ1v) is 9.46. The summed E-state index contributed by atoms with van der Waals surface area (Å²) in [7, 11) is 0. The third-order valence-electron chi connectivity index (χ3n) is 3.94. The summed E-state index contributed by atoms with van der Waals surface area (Å²) in [5, 5.41) is 1.20. The molecular formula is C20H19ClN2OS. The number of thioether (sulfide) groups is 1. The van der Waals surface area contributed by atoms with Crippen molar-refractivity contribution in [3.05, 3.63) is 87.4 Å². The van der Waals surface area contributed by atoms with Crippen molar-refractivity contribution in [1.29, 1.82) is 0 Å². The molecule has 25 heavy (non-hydrogen) atoms. The minimum absolute atomic E-state index is 0.0984. The summed E-state index contributed by atoms with van der Waals surface area (Å²) in [6.45, 7) is 4.30. The molecule has 0 bridgehead atoms. The van der Waals surface area contributed by atoms with Gasteiger partial charge in [-0.05, 0) is 41.3 Å². The highest BCUT2D eigenvalue weighted by Gasteiger charge is 2.08. The van der Waals surface area contributed by atoms with Crippen molar-refractivity contribution in [2.75, 3.05) is 0 Å². The number of nitrogens with zero attached hydrogens (tertiary/aromatic N) is 2. The molecule has 1 heterocycles. The molecule has 3 nitrogen and oxygen atoms in total. The zero-order chi connectivity index (χ0) is 17.8. The highest BCUT2D eigenvalue weighted by molar-refractivity contribution is 7.98. The van der Waals surface area contributed by atoms with Crippen molar-refractivity contribution < 1.29 is 0 Å². The lowest BCUT2D eigenvalue weighted by atomic mass is 10.0. The van der Waals surface area contributed by atoms with Gasteiger partial charge in [0, 0.05) is 28.9 Å². The summed E-state index contributed by atoms with van der Waals surface area (Å²) in [5.41, 5.74) is 3.11.